The first-order chi connectivity index (χ1) is 26.4. The lowest BCUT2D eigenvalue weighted by atomic mass is 9.70. The summed E-state index contributed by atoms with van der Waals surface area (Å²) < 4.78 is 44.0. The third kappa shape index (κ3) is 8.52. The number of rotatable bonds is 7. The molecular weight excluding hydrogens is 720 g/mol. The van der Waals surface area contributed by atoms with E-state index in [4.69, 9.17) is 33.2 Å². The summed E-state index contributed by atoms with van der Waals surface area (Å²) in [4.78, 5) is 40.7. The van der Waals surface area contributed by atoms with Gasteiger partial charge in [-0.3, -0.25) is 14.4 Å². The number of allylic oxidation sites excluding steroid dienone is 3. The summed E-state index contributed by atoms with van der Waals surface area (Å²) >= 11 is 0. The minimum absolute atomic E-state index is 0.0544. The van der Waals surface area contributed by atoms with Crippen molar-refractivity contribution < 1.29 is 57.8 Å². The van der Waals surface area contributed by atoms with Crippen molar-refractivity contribution in [2.45, 2.75) is 155 Å². The summed E-state index contributed by atoms with van der Waals surface area (Å²) in [5.74, 6) is -5.80. The Morgan fingerprint density at radius 1 is 1.05 bits per heavy atom. The van der Waals surface area contributed by atoms with Crippen LogP contribution in [0.4, 0.5) is 0 Å². The van der Waals surface area contributed by atoms with E-state index in [0.29, 0.717) is 18.4 Å². The van der Waals surface area contributed by atoms with E-state index in [-0.39, 0.29) is 37.3 Å². The van der Waals surface area contributed by atoms with Crippen LogP contribution < -0.4 is 0 Å². The Balaban J connectivity index is 1.64. The zero-order chi connectivity index (χ0) is 41.3. The van der Waals surface area contributed by atoms with Crippen molar-refractivity contribution in [3.05, 3.63) is 58.7 Å². The molecule has 4 heterocycles. The van der Waals surface area contributed by atoms with Gasteiger partial charge in [-0.25, -0.2) is 0 Å². The normalized spacial score (nSPS) is 39.9. The zero-order valence-corrected chi connectivity index (χ0v) is 35.0. The van der Waals surface area contributed by atoms with Crippen LogP contribution in [0.2, 0.25) is 0 Å². The van der Waals surface area contributed by atoms with Crippen LogP contribution in [-0.4, -0.2) is 102 Å². The number of fused-ring (bicyclic) bond motifs is 2. The van der Waals surface area contributed by atoms with Crippen molar-refractivity contribution in [2.75, 3.05) is 13.7 Å². The molecule has 1 aliphatic carbocycles. The Morgan fingerprint density at radius 3 is 2.41 bits per heavy atom. The van der Waals surface area contributed by atoms with Gasteiger partial charge in [-0.2, -0.15) is 0 Å². The fourth-order valence-corrected chi connectivity index (χ4v) is 8.69. The van der Waals surface area contributed by atoms with Crippen molar-refractivity contribution in [1.82, 2.24) is 0 Å². The Morgan fingerprint density at radius 2 is 1.77 bits per heavy atom. The van der Waals surface area contributed by atoms with Gasteiger partial charge in [0.05, 0.1) is 30.7 Å². The van der Waals surface area contributed by atoms with E-state index in [1.807, 2.05) is 73.6 Å². The molecule has 0 radical (unpaired) electrons. The molecule has 2 bridgehead atoms. The van der Waals surface area contributed by atoms with Crippen LogP contribution in [0, 0.1) is 29.6 Å². The second-order valence-corrected chi connectivity index (χ2v) is 16.9. The van der Waals surface area contributed by atoms with Crippen molar-refractivity contribution in [3.63, 3.8) is 0 Å². The quantitative estimate of drug-likeness (QED) is 0.181. The van der Waals surface area contributed by atoms with Crippen LogP contribution in [0.5, 0.6) is 0 Å². The fraction of sp³-hybridized carbons (Fsp3) is 0.705. The molecule has 3 fully saturated rings. The molecule has 0 amide bonds. The molecule has 312 valence electrons. The maximum Gasteiger partial charge on any atom is 0.316 e. The van der Waals surface area contributed by atoms with Crippen LogP contribution in [0.15, 0.2) is 58.7 Å². The minimum Gasteiger partial charge on any atom is -0.462 e. The standard InChI is InChI=1S/C44H64O12/c1-12-24(5)35-29(10)37(54-40(46)23(3)4)38(45)43(56-35)21-32-20-31(55-43)18-17-27(8)34(53-41(47)25(6)13-2)26(7)15-14-16-30-22-51-39-36(50-11)28(9)19-33(42(48)52-32)44(30,39)49/h12,14-17,19,23,25-26,29,31-39,45,49H,13,18,20-22H2,1-11H3/b15-14?,24-12+,27-17?,30-16?/t25?,26-,29+,31+,32-,33-,34+,35+,36+,37-,38+,39+,43-,44+/m0/s1. The molecule has 0 aromatic heterocycles. The Hall–Kier alpha value is -3.13. The van der Waals surface area contributed by atoms with Gasteiger partial charge in [0.2, 0.25) is 5.79 Å². The van der Waals surface area contributed by atoms with Crippen molar-refractivity contribution in [3.8, 4) is 0 Å². The van der Waals surface area contributed by atoms with Crippen molar-refractivity contribution in [1.29, 1.82) is 0 Å². The Kier molecular flexibility index (Phi) is 14.0. The SMILES string of the molecule is C/C=C(\C)[C@H]1O[C@@]2(C[C@@H]3C[C@@H](CC=C(C)[C@H](OC(=O)C(C)CC)[C@@H](C)C=CC=C4CO[C@@H]5[C@H](OC)C(C)=C[C@@H](C(=O)O3)[C@]45O)O2)[C@H](O)[C@@H](OC(=O)C(C)C)[C@@H]1C. The number of carbonyl (C=O) groups excluding carboxylic acids is 3. The number of hydrogen-bond acceptors (Lipinski definition) is 12. The van der Waals surface area contributed by atoms with Gasteiger partial charge >= 0.3 is 17.9 Å². The van der Waals surface area contributed by atoms with E-state index in [1.54, 1.807) is 32.1 Å². The lowest BCUT2D eigenvalue weighted by Crippen LogP contribution is -2.67. The minimum atomic E-state index is -1.80. The highest BCUT2D eigenvalue weighted by molar-refractivity contribution is 5.78. The van der Waals surface area contributed by atoms with Crippen molar-refractivity contribution >= 4 is 17.9 Å². The molecule has 5 aliphatic rings. The first-order valence-corrected chi connectivity index (χ1v) is 20.3. The van der Waals surface area contributed by atoms with E-state index >= 15 is 0 Å². The number of carbonyl (C=O) groups is 3. The number of methoxy groups -OCH3 is 1. The third-order valence-corrected chi connectivity index (χ3v) is 12.5. The Labute approximate surface area is 332 Å². The molecular formula is C44H64O12. The molecule has 0 aromatic carbocycles. The second kappa shape index (κ2) is 17.8. The highest BCUT2D eigenvalue weighted by Crippen LogP contribution is 2.49. The fourth-order valence-electron chi connectivity index (χ4n) is 8.69. The first-order valence-electron chi connectivity index (χ1n) is 20.3. The van der Waals surface area contributed by atoms with E-state index in [9.17, 15) is 24.6 Å². The molecule has 1 unspecified atom stereocenters. The highest BCUT2D eigenvalue weighted by Gasteiger charge is 2.62. The average Bonchev–Trinajstić information content (AvgIpc) is 3.50. The topological polar surface area (TPSA) is 156 Å². The summed E-state index contributed by atoms with van der Waals surface area (Å²) in [6.45, 7) is 18.6. The highest BCUT2D eigenvalue weighted by atomic mass is 16.7. The van der Waals surface area contributed by atoms with Gasteiger partial charge in [-0.1, -0.05) is 78.0 Å². The summed E-state index contributed by atoms with van der Waals surface area (Å²) in [5.41, 5.74) is 1.04. The molecule has 12 nitrogen and oxygen atoms in total. The number of esters is 3. The predicted molar refractivity (Wildman–Crippen MR) is 208 cm³/mol. The summed E-state index contributed by atoms with van der Waals surface area (Å²) in [7, 11) is 1.54. The van der Waals surface area contributed by atoms with E-state index < -0.39 is 89.9 Å². The lowest BCUT2D eigenvalue weighted by molar-refractivity contribution is -0.380. The van der Waals surface area contributed by atoms with Gasteiger partial charge in [0.15, 0.2) is 0 Å². The second-order valence-electron chi connectivity index (χ2n) is 16.9. The zero-order valence-electron chi connectivity index (χ0n) is 35.0. The smallest absolute Gasteiger partial charge is 0.316 e. The van der Waals surface area contributed by atoms with Gasteiger partial charge in [-0.05, 0) is 62.8 Å². The molecule has 3 saturated heterocycles. The van der Waals surface area contributed by atoms with E-state index in [2.05, 4.69) is 0 Å². The largest absolute Gasteiger partial charge is 0.462 e. The molecule has 2 N–H and O–H groups in total. The van der Waals surface area contributed by atoms with Gasteiger partial charge < -0.3 is 43.4 Å². The third-order valence-electron chi connectivity index (χ3n) is 12.5. The van der Waals surface area contributed by atoms with Gasteiger partial charge in [-0.15, -0.1) is 0 Å². The summed E-state index contributed by atoms with van der Waals surface area (Å²) in [6.07, 6.45) is 5.46. The molecule has 56 heavy (non-hydrogen) atoms. The van der Waals surface area contributed by atoms with Crippen LogP contribution in [0.25, 0.3) is 0 Å². The molecule has 0 aromatic rings. The monoisotopic (exact) mass is 784 g/mol. The van der Waals surface area contributed by atoms with Crippen molar-refractivity contribution in [2.24, 2.45) is 29.6 Å². The molecule has 0 saturated carbocycles. The van der Waals surface area contributed by atoms with E-state index in [1.165, 1.54) is 7.11 Å². The van der Waals surface area contributed by atoms with Gasteiger partial charge in [0.1, 0.15) is 48.1 Å². The van der Waals surface area contributed by atoms with Crippen LogP contribution >= 0.6 is 0 Å². The number of ether oxygens (including phenoxy) is 7. The maximum absolute atomic E-state index is 14.5. The number of aliphatic hydroxyl groups excluding tert-OH is 1. The maximum atomic E-state index is 14.5. The average molecular weight is 785 g/mol. The summed E-state index contributed by atoms with van der Waals surface area (Å²) in [6, 6.07) is 0. The Bertz CT molecular complexity index is 1620. The van der Waals surface area contributed by atoms with E-state index in [0.717, 1.165) is 16.7 Å². The first kappa shape index (κ1) is 44.0. The van der Waals surface area contributed by atoms with Crippen LogP contribution in [0.1, 0.15) is 94.9 Å². The molecule has 1 spiro atoms. The number of hydrogen-bond donors (Lipinski definition) is 2. The van der Waals surface area contributed by atoms with Gasteiger partial charge in [0.25, 0.3) is 0 Å². The lowest BCUT2D eigenvalue weighted by Gasteiger charge is -2.54. The molecule has 5 rings (SSSR count). The molecule has 12 heteroatoms. The molecule has 4 aliphatic heterocycles. The van der Waals surface area contributed by atoms with Gasteiger partial charge in [0, 0.05) is 31.8 Å². The summed E-state index contributed by atoms with van der Waals surface area (Å²) in [5, 5.41) is 24.8. The van der Waals surface area contributed by atoms with Crippen LogP contribution in [-0.2, 0) is 47.5 Å². The molecule has 14 atom stereocenters. The number of aliphatic hydroxyl groups is 2. The predicted octanol–water partition coefficient (Wildman–Crippen LogP) is 5.85. The van der Waals surface area contributed by atoms with Crippen LogP contribution in [0.3, 0.4) is 0 Å².